The fraction of sp³-hybridized carbons (Fsp3) is 0.364. The average molecular weight is 294 g/mol. The Hall–Kier alpha value is -1.43. The molecule has 0 spiro atoms. The van der Waals surface area contributed by atoms with Crippen LogP contribution in [0.5, 0.6) is 0 Å². The fourth-order valence-corrected chi connectivity index (χ4v) is 2.43. The van der Waals surface area contributed by atoms with Crippen LogP contribution in [0.2, 0.25) is 0 Å². The molecule has 1 aliphatic rings. The van der Waals surface area contributed by atoms with Crippen molar-refractivity contribution in [3.05, 3.63) is 28.0 Å². The van der Waals surface area contributed by atoms with Gasteiger partial charge in [0.1, 0.15) is 0 Å². The van der Waals surface area contributed by atoms with Crippen molar-refractivity contribution < 1.29 is 0 Å². The van der Waals surface area contributed by atoms with E-state index in [0.29, 0.717) is 5.92 Å². The Morgan fingerprint density at radius 1 is 1.41 bits per heavy atom. The molecule has 2 N–H and O–H groups in total. The lowest BCUT2D eigenvalue weighted by atomic mass is 10.2. The van der Waals surface area contributed by atoms with Crippen LogP contribution in [0.3, 0.4) is 0 Å². The van der Waals surface area contributed by atoms with Gasteiger partial charge in [-0.1, -0.05) is 0 Å². The molecule has 1 aliphatic carbocycles. The summed E-state index contributed by atoms with van der Waals surface area (Å²) in [6.07, 6.45) is 2.33. The summed E-state index contributed by atoms with van der Waals surface area (Å²) in [4.78, 5) is 0. The minimum absolute atomic E-state index is 0.499. The van der Waals surface area contributed by atoms with E-state index in [1.165, 1.54) is 12.8 Å². The van der Waals surface area contributed by atoms with Crippen LogP contribution in [0, 0.1) is 6.92 Å². The molecule has 0 unspecified atom stereocenters. The van der Waals surface area contributed by atoms with Gasteiger partial charge >= 0.3 is 0 Å². The summed E-state index contributed by atoms with van der Waals surface area (Å²) in [7, 11) is 0. The summed E-state index contributed by atoms with van der Waals surface area (Å²) >= 11 is 3.53. The summed E-state index contributed by atoms with van der Waals surface area (Å²) in [6.45, 7) is 1.98. The molecule has 88 valence electrons. The van der Waals surface area contributed by atoms with Gasteiger partial charge in [0.25, 0.3) is 0 Å². The zero-order chi connectivity index (χ0) is 12.0. The van der Waals surface area contributed by atoms with Crippen molar-refractivity contribution in [1.82, 2.24) is 20.2 Å². The minimum atomic E-state index is 0.499. The molecule has 0 amide bonds. The van der Waals surface area contributed by atoms with Gasteiger partial charge in [-0.2, -0.15) is 4.68 Å². The Bertz CT molecular complexity index is 573. The average Bonchev–Trinajstić information content (AvgIpc) is 3.02. The number of anilines is 1. The maximum Gasteiger partial charge on any atom is 0.159 e. The van der Waals surface area contributed by atoms with E-state index in [-0.39, 0.29) is 0 Å². The van der Waals surface area contributed by atoms with Crippen molar-refractivity contribution in [3.8, 4) is 5.69 Å². The quantitative estimate of drug-likeness (QED) is 0.862. The Labute approximate surface area is 107 Å². The Balaban J connectivity index is 2.14. The first-order valence-corrected chi connectivity index (χ1v) is 6.30. The van der Waals surface area contributed by atoms with Crippen LogP contribution in [-0.2, 0) is 0 Å². The van der Waals surface area contributed by atoms with E-state index >= 15 is 0 Å². The molecule has 1 heterocycles. The van der Waals surface area contributed by atoms with Crippen LogP contribution in [-0.4, -0.2) is 20.2 Å². The van der Waals surface area contributed by atoms with E-state index in [1.807, 2.05) is 19.1 Å². The Kier molecular flexibility index (Phi) is 2.39. The summed E-state index contributed by atoms with van der Waals surface area (Å²) in [5.74, 6) is 1.42. The second kappa shape index (κ2) is 3.80. The van der Waals surface area contributed by atoms with Crippen molar-refractivity contribution in [2.24, 2.45) is 0 Å². The number of rotatable bonds is 2. The monoisotopic (exact) mass is 293 g/mol. The highest BCUT2D eigenvalue weighted by Crippen LogP contribution is 2.40. The third-order valence-electron chi connectivity index (χ3n) is 3.00. The summed E-state index contributed by atoms with van der Waals surface area (Å²) in [5.41, 5.74) is 8.63. The van der Waals surface area contributed by atoms with Gasteiger partial charge in [0.15, 0.2) is 5.82 Å². The van der Waals surface area contributed by atoms with E-state index < -0.39 is 0 Å². The second-order valence-electron chi connectivity index (χ2n) is 4.38. The molecule has 0 radical (unpaired) electrons. The van der Waals surface area contributed by atoms with Crippen molar-refractivity contribution >= 4 is 21.6 Å². The van der Waals surface area contributed by atoms with Crippen LogP contribution >= 0.6 is 15.9 Å². The largest absolute Gasteiger partial charge is 0.398 e. The second-order valence-corrected chi connectivity index (χ2v) is 5.24. The van der Waals surface area contributed by atoms with Crippen molar-refractivity contribution in [2.45, 2.75) is 25.7 Å². The van der Waals surface area contributed by atoms with Gasteiger partial charge in [0.2, 0.25) is 0 Å². The first kappa shape index (κ1) is 10.7. The highest BCUT2D eigenvalue weighted by molar-refractivity contribution is 9.10. The number of hydrogen-bond donors (Lipinski definition) is 1. The van der Waals surface area contributed by atoms with Crippen LogP contribution in [0.4, 0.5) is 5.69 Å². The SMILES string of the molecule is Cc1cc(Br)c(-n2nnnc2C2CC2)cc1N. The number of tetrazole rings is 1. The molecule has 0 atom stereocenters. The summed E-state index contributed by atoms with van der Waals surface area (Å²) in [5, 5.41) is 11.9. The van der Waals surface area contributed by atoms with Crippen LogP contribution in [0.15, 0.2) is 16.6 Å². The van der Waals surface area contributed by atoms with Crippen molar-refractivity contribution in [2.75, 3.05) is 5.73 Å². The minimum Gasteiger partial charge on any atom is -0.398 e. The number of aryl methyl sites for hydroxylation is 1. The molecular formula is C11H12BrN5. The van der Waals surface area contributed by atoms with Gasteiger partial charge in [-0.15, -0.1) is 5.10 Å². The molecule has 6 heteroatoms. The standard InChI is InChI=1S/C11H12BrN5/c1-6-4-8(12)10(5-9(6)13)17-11(7-2-3-7)14-15-16-17/h4-5,7H,2-3,13H2,1H3. The molecule has 1 fully saturated rings. The van der Waals surface area contributed by atoms with Gasteiger partial charge in [0.05, 0.1) is 5.69 Å². The number of benzene rings is 1. The summed E-state index contributed by atoms with van der Waals surface area (Å²) in [6, 6.07) is 3.89. The molecule has 0 bridgehead atoms. The molecule has 17 heavy (non-hydrogen) atoms. The number of hydrogen-bond acceptors (Lipinski definition) is 4. The van der Waals surface area contributed by atoms with Gasteiger partial charge in [-0.3, -0.25) is 0 Å². The zero-order valence-electron chi connectivity index (χ0n) is 9.39. The van der Waals surface area contributed by atoms with E-state index in [2.05, 4.69) is 31.5 Å². The number of nitrogen functional groups attached to an aromatic ring is 1. The topological polar surface area (TPSA) is 69.6 Å². The van der Waals surface area contributed by atoms with Crippen molar-refractivity contribution in [1.29, 1.82) is 0 Å². The molecule has 5 nitrogen and oxygen atoms in total. The Morgan fingerprint density at radius 2 is 2.18 bits per heavy atom. The maximum absolute atomic E-state index is 5.93. The molecule has 3 rings (SSSR count). The third-order valence-corrected chi connectivity index (χ3v) is 3.63. The maximum atomic E-state index is 5.93. The molecule has 1 saturated carbocycles. The number of nitrogens with zero attached hydrogens (tertiary/aromatic N) is 4. The van der Waals surface area contributed by atoms with Crippen LogP contribution in [0.1, 0.15) is 30.1 Å². The van der Waals surface area contributed by atoms with Gasteiger partial charge < -0.3 is 5.73 Å². The zero-order valence-corrected chi connectivity index (χ0v) is 11.0. The van der Waals surface area contributed by atoms with E-state index in [0.717, 1.165) is 27.2 Å². The van der Waals surface area contributed by atoms with Crippen molar-refractivity contribution in [3.63, 3.8) is 0 Å². The molecule has 0 saturated heterocycles. The van der Waals surface area contributed by atoms with Crippen LogP contribution < -0.4 is 5.73 Å². The lowest BCUT2D eigenvalue weighted by Crippen LogP contribution is -2.04. The molecule has 0 aliphatic heterocycles. The smallest absolute Gasteiger partial charge is 0.159 e. The lowest BCUT2D eigenvalue weighted by molar-refractivity contribution is 0.761. The number of halogens is 1. The van der Waals surface area contributed by atoms with Gasteiger partial charge in [0, 0.05) is 16.1 Å². The predicted molar refractivity (Wildman–Crippen MR) is 68.0 cm³/mol. The fourth-order valence-electron chi connectivity index (χ4n) is 1.80. The molecule has 2 aromatic rings. The lowest BCUT2D eigenvalue weighted by Gasteiger charge is -2.09. The highest BCUT2D eigenvalue weighted by atomic mass is 79.9. The normalized spacial score (nSPS) is 15.2. The first-order valence-electron chi connectivity index (χ1n) is 5.51. The predicted octanol–water partition coefficient (Wildman–Crippen LogP) is 2.19. The number of nitrogens with two attached hydrogens (primary N) is 1. The van der Waals surface area contributed by atoms with Crippen LogP contribution in [0.25, 0.3) is 5.69 Å². The number of aromatic nitrogens is 4. The molecule has 1 aromatic heterocycles. The first-order chi connectivity index (χ1) is 8.16. The van der Waals surface area contributed by atoms with Gasteiger partial charge in [-0.25, -0.2) is 0 Å². The molecular weight excluding hydrogens is 282 g/mol. The van der Waals surface area contributed by atoms with Gasteiger partial charge in [-0.05, 0) is 63.8 Å². The van der Waals surface area contributed by atoms with E-state index in [9.17, 15) is 0 Å². The third kappa shape index (κ3) is 1.82. The molecule has 1 aromatic carbocycles. The van der Waals surface area contributed by atoms with E-state index in [4.69, 9.17) is 5.73 Å². The highest BCUT2D eigenvalue weighted by Gasteiger charge is 2.30. The summed E-state index contributed by atoms with van der Waals surface area (Å²) < 4.78 is 2.73. The van der Waals surface area contributed by atoms with E-state index in [1.54, 1.807) is 4.68 Å². The Morgan fingerprint density at radius 3 is 2.88 bits per heavy atom.